The lowest BCUT2D eigenvalue weighted by Crippen LogP contribution is -2.13. The van der Waals surface area contributed by atoms with Crippen molar-refractivity contribution in [1.29, 1.82) is 0 Å². The van der Waals surface area contributed by atoms with Crippen molar-refractivity contribution in [1.82, 2.24) is 0 Å². The Morgan fingerprint density at radius 2 is 1.30 bits per heavy atom. The summed E-state index contributed by atoms with van der Waals surface area (Å²) in [6, 6.07) is 3.49. The lowest BCUT2D eigenvalue weighted by Gasteiger charge is -2.09. The van der Waals surface area contributed by atoms with E-state index in [0.29, 0.717) is 21.1 Å². The van der Waals surface area contributed by atoms with Crippen molar-refractivity contribution < 1.29 is 19.1 Å². The van der Waals surface area contributed by atoms with Gasteiger partial charge in [0.05, 0.1) is 25.6 Å². The Bertz CT molecular complexity index is 566. The number of rotatable bonds is 5. The highest BCUT2D eigenvalue weighted by Crippen LogP contribution is 2.26. The summed E-state index contributed by atoms with van der Waals surface area (Å²) in [6.45, 7) is 0. The Kier molecular flexibility index (Phi) is 4.59. The monoisotopic (exact) mass is 312 g/mol. The average molecular weight is 312 g/mol. The number of thiophene rings is 2. The topological polar surface area (TPSA) is 76.7 Å². The molecule has 8 heteroatoms. The first-order chi connectivity index (χ1) is 9.67. The molecule has 6 nitrogen and oxygen atoms in total. The Morgan fingerprint density at radius 1 is 0.900 bits per heavy atom. The van der Waals surface area contributed by atoms with Crippen LogP contribution in [-0.2, 0) is 9.47 Å². The van der Waals surface area contributed by atoms with Crippen molar-refractivity contribution in [2.24, 2.45) is 0 Å². The fraction of sp³-hybridized carbons (Fsp3) is 0.167. The zero-order valence-corrected chi connectivity index (χ0v) is 12.4. The van der Waals surface area contributed by atoms with Crippen molar-refractivity contribution in [2.75, 3.05) is 25.1 Å². The van der Waals surface area contributed by atoms with Gasteiger partial charge in [-0.05, 0) is 22.9 Å². The fourth-order valence-electron chi connectivity index (χ4n) is 1.45. The van der Waals surface area contributed by atoms with Crippen LogP contribution in [-0.4, -0.2) is 26.2 Å². The van der Waals surface area contributed by atoms with Crippen LogP contribution in [0.4, 0.5) is 11.4 Å². The van der Waals surface area contributed by atoms with Crippen LogP contribution in [0.5, 0.6) is 0 Å². The second kappa shape index (κ2) is 6.40. The molecule has 20 heavy (non-hydrogen) atoms. The van der Waals surface area contributed by atoms with Crippen molar-refractivity contribution in [3.8, 4) is 0 Å². The van der Waals surface area contributed by atoms with Gasteiger partial charge in [0.2, 0.25) is 0 Å². The van der Waals surface area contributed by atoms with E-state index in [-0.39, 0.29) is 0 Å². The number of hydrazine groups is 1. The molecule has 2 aromatic heterocycles. The van der Waals surface area contributed by atoms with Gasteiger partial charge in [-0.15, -0.1) is 22.7 Å². The molecule has 2 heterocycles. The van der Waals surface area contributed by atoms with Gasteiger partial charge in [-0.25, -0.2) is 9.59 Å². The second-order valence-electron chi connectivity index (χ2n) is 3.56. The second-order valence-corrected chi connectivity index (χ2v) is 5.39. The Hall–Kier alpha value is -2.06. The summed E-state index contributed by atoms with van der Waals surface area (Å²) < 4.78 is 9.37. The number of methoxy groups -OCH3 is 2. The van der Waals surface area contributed by atoms with Crippen LogP contribution in [0.15, 0.2) is 22.9 Å². The van der Waals surface area contributed by atoms with Gasteiger partial charge in [0.25, 0.3) is 0 Å². The van der Waals surface area contributed by atoms with Crippen LogP contribution in [0.25, 0.3) is 0 Å². The van der Waals surface area contributed by atoms with E-state index >= 15 is 0 Å². The van der Waals surface area contributed by atoms with Crippen molar-refractivity contribution in [3.63, 3.8) is 0 Å². The lowest BCUT2D eigenvalue weighted by atomic mass is 10.4. The molecule has 0 aliphatic rings. The molecule has 0 amide bonds. The molecule has 2 N–H and O–H groups in total. The van der Waals surface area contributed by atoms with E-state index in [1.807, 2.05) is 0 Å². The molecule has 0 radical (unpaired) electrons. The first-order valence-corrected chi connectivity index (χ1v) is 7.27. The first kappa shape index (κ1) is 14.4. The molecule has 0 saturated carbocycles. The molecule has 0 atom stereocenters. The third-order valence-electron chi connectivity index (χ3n) is 2.40. The normalized spacial score (nSPS) is 9.90. The highest BCUT2D eigenvalue weighted by molar-refractivity contribution is 7.13. The van der Waals surface area contributed by atoms with E-state index < -0.39 is 11.9 Å². The molecular weight excluding hydrogens is 300 g/mol. The zero-order valence-electron chi connectivity index (χ0n) is 10.8. The van der Waals surface area contributed by atoms with E-state index in [0.717, 1.165) is 0 Å². The number of anilines is 2. The molecule has 0 unspecified atom stereocenters. The third-order valence-corrected chi connectivity index (χ3v) is 4.19. The molecule has 0 bridgehead atoms. The maximum Gasteiger partial charge on any atom is 0.350 e. The molecule has 0 aliphatic heterocycles. The van der Waals surface area contributed by atoms with Gasteiger partial charge in [-0.2, -0.15) is 0 Å². The maximum atomic E-state index is 11.5. The Morgan fingerprint density at radius 3 is 1.65 bits per heavy atom. The molecule has 2 rings (SSSR count). The molecule has 0 aromatic carbocycles. The third kappa shape index (κ3) is 2.91. The van der Waals surface area contributed by atoms with Crippen molar-refractivity contribution in [3.05, 3.63) is 32.6 Å². The molecule has 0 saturated heterocycles. The number of carbonyl (C=O) groups is 2. The smallest absolute Gasteiger partial charge is 0.350 e. The molecule has 106 valence electrons. The van der Waals surface area contributed by atoms with E-state index in [9.17, 15) is 9.59 Å². The van der Waals surface area contributed by atoms with Gasteiger partial charge >= 0.3 is 11.9 Å². The van der Waals surface area contributed by atoms with Crippen LogP contribution in [0.2, 0.25) is 0 Å². The SMILES string of the molecule is COC(=O)c1sccc1NNc1ccsc1C(=O)OC. The highest BCUT2D eigenvalue weighted by atomic mass is 32.1. The van der Waals surface area contributed by atoms with E-state index in [2.05, 4.69) is 20.3 Å². The van der Waals surface area contributed by atoms with Crippen molar-refractivity contribution in [2.45, 2.75) is 0 Å². The summed E-state index contributed by atoms with van der Waals surface area (Å²) in [5, 5.41) is 3.54. The molecule has 2 aromatic rings. The fourth-order valence-corrected chi connectivity index (χ4v) is 2.98. The Labute approximate surface area is 123 Å². The van der Waals surface area contributed by atoms with Crippen LogP contribution in [0.1, 0.15) is 19.3 Å². The predicted octanol–water partition coefficient (Wildman–Crippen LogP) is 2.82. The lowest BCUT2D eigenvalue weighted by molar-refractivity contribution is 0.0598. The van der Waals surface area contributed by atoms with Gasteiger partial charge in [0, 0.05) is 0 Å². The molecule has 0 spiro atoms. The number of esters is 2. The zero-order chi connectivity index (χ0) is 14.5. The molecule has 0 fully saturated rings. The van der Waals surface area contributed by atoms with Gasteiger partial charge < -0.3 is 9.47 Å². The highest BCUT2D eigenvalue weighted by Gasteiger charge is 2.16. The summed E-state index contributed by atoms with van der Waals surface area (Å²) in [7, 11) is 2.65. The number of hydrogen-bond acceptors (Lipinski definition) is 8. The van der Waals surface area contributed by atoms with E-state index in [4.69, 9.17) is 0 Å². The van der Waals surface area contributed by atoms with Crippen LogP contribution < -0.4 is 10.9 Å². The summed E-state index contributed by atoms with van der Waals surface area (Å²) in [5.74, 6) is -0.828. The summed E-state index contributed by atoms with van der Waals surface area (Å²) in [5.41, 5.74) is 6.95. The minimum atomic E-state index is -0.414. The van der Waals surface area contributed by atoms with E-state index in [1.54, 1.807) is 22.9 Å². The Balaban J connectivity index is 2.10. The largest absolute Gasteiger partial charge is 0.465 e. The maximum absolute atomic E-state index is 11.5. The number of nitrogens with one attached hydrogen (secondary N) is 2. The van der Waals surface area contributed by atoms with Crippen LogP contribution in [0, 0.1) is 0 Å². The van der Waals surface area contributed by atoms with Gasteiger partial charge in [0.15, 0.2) is 0 Å². The van der Waals surface area contributed by atoms with Gasteiger partial charge in [-0.3, -0.25) is 10.9 Å². The quantitative estimate of drug-likeness (QED) is 0.653. The van der Waals surface area contributed by atoms with Crippen LogP contribution >= 0.6 is 22.7 Å². The first-order valence-electron chi connectivity index (χ1n) is 5.51. The van der Waals surface area contributed by atoms with Gasteiger partial charge in [-0.1, -0.05) is 0 Å². The van der Waals surface area contributed by atoms with Crippen molar-refractivity contribution >= 4 is 46.0 Å². The number of hydrogen-bond donors (Lipinski definition) is 2. The minimum Gasteiger partial charge on any atom is -0.465 e. The summed E-state index contributed by atoms with van der Waals surface area (Å²) in [6.07, 6.45) is 0. The van der Waals surface area contributed by atoms with Crippen LogP contribution in [0.3, 0.4) is 0 Å². The molecular formula is C12H12N2O4S2. The van der Waals surface area contributed by atoms with E-state index in [1.165, 1.54) is 36.9 Å². The predicted molar refractivity (Wildman–Crippen MR) is 78.6 cm³/mol. The minimum absolute atomic E-state index is 0.414. The number of carbonyl (C=O) groups excluding carboxylic acids is 2. The summed E-state index contributed by atoms with van der Waals surface area (Å²) >= 11 is 2.54. The average Bonchev–Trinajstić information content (AvgIpc) is 3.11. The van der Waals surface area contributed by atoms with Gasteiger partial charge in [0.1, 0.15) is 9.75 Å². The molecule has 0 aliphatic carbocycles. The number of ether oxygens (including phenoxy) is 2. The standard InChI is InChI=1S/C12H12N2O4S2/c1-17-11(15)9-7(3-5-19-9)13-14-8-4-6-20-10(8)12(16)18-2/h3-6,13-14H,1-2H3. The summed E-state index contributed by atoms with van der Waals surface area (Å²) in [4.78, 5) is 24.0.